The number of benzene rings is 2. The molecule has 0 spiro atoms. The number of aromatic nitrogens is 4. The summed E-state index contributed by atoms with van der Waals surface area (Å²) < 4.78 is 0. The van der Waals surface area contributed by atoms with Crippen LogP contribution in [0.4, 0.5) is 0 Å². The Bertz CT molecular complexity index is 1400. The van der Waals surface area contributed by atoms with Gasteiger partial charge in [0.25, 0.3) is 0 Å². The number of rotatable bonds is 3. The van der Waals surface area contributed by atoms with E-state index in [1.165, 1.54) is 10.9 Å². The van der Waals surface area contributed by atoms with Gasteiger partial charge in [0.1, 0.15) is 6.04 Å². The number of carbonyl (C=O) groups excluding carboxylic acids is 1. The smallest absolute Gasteiger partial charge is 0.229 e. The fraction of sp³-hybridized carbons (Fsp3) is 0.160. The highest BCUT2D eigenvalue weighted by Crippen LogP contribution is 2.38. The van der Waals surface area contributed by atoms with Crippen LogP contribution in [0, 0.1) is 0 Å². The van der Waals surface area contributed by atoms with E-state index >= 15 is 0 Å². The van der Waals surface area contributed by atoms with Gasteiger partial charge in [-0.1, -0.05) is 42.5 Å². The van der Waals surface area contributed by atoms with E-state index in [1.807, 2.05) is 53.4 Å². The van der Waals surface area contributed by atoms with Gasteiger partial charge in [-0.25, -0.2) is 0 Å². The molecule has 2 aromatic carbocycles. The highest BCUT2D eigenvalue weighted by Gasteiger charge is 2.35. The van der Waals surface area contributed by atoms with Gasteiger partial charge in [0.15, 0.2) is 0 Å². The third-order valence-electron chi connectivity index (χ3n) is 6.19. The van der Waals surface area contributed by atoms with Gasteiger partial charge < -0.3 is 9.88 Å². The summed E-state index contributed by atoms with van der Waals surface area (Å²) in [6.45, 7) is 0.654. The van der Waals surface area contributed by atoms with Gasteiger partial charge in [0.2, 0.25) is 5.91 Å². The lowest BCUT2D eigenvalue weighted by molar-refractivity contribution is -0.132. The molecule has 2 N–H and O–H groups in total. The average molecular weight is 407 g/mol. The van der Waals surface area contributed by atoms with Crippen LogP contribution >= 0.6 is 0 Å². The molecule has 5 aromatic rings. The molecule has 6 heteroatoms. The summed E-state index contributed by atoms with van der Waals surface area (Å²) in [5.41, 5.74) is 6.04. The van der Waals surface area contributed by atoms with Gasteiger partial charge >= 0.3 is 0 Å². The maximum Gasteiger partial charge on any atom is 0.229 e. The molecule has 3 aromatic heterocycles. The van der Waals surface area contributed by atoms with E-state index in [1.54, 1.807) is 6.20 Å². The fourth-order valence-corrected chi connectivity index (χ4v) is 4.76. The van der Waals surface area contributed by atoms with Crippen molar-refractivity contribution in [3.63, 3.8) is 0 Å². The quantitative estimate of drug-likeness (QED) is 0.472. The molecule has 4 heterocycles. The van der Waals surface area contributed by atoms with Crippen LogP contribution in [0.5, 0.6) is 0 Å². The van der Waals surface area contributed by atoms with Crippen molar-refractivity contribution < 1.29 is 4.79 Å². The Morgan fingerprint density at radius 3 is 2.68 bits per heavy atom. The van der Waals surface area contributed by atoms with Crippen molar-refractivity contribution in [1.82, 2.24) is 25.1 Å². The first-order valence-corrected chi connectivity index (χ1v) is 10.5. The second kappa shape index (κ2) is 7.09. The molecule has 1 aliphatic heterocycles. The molecule has 6 rings (SSSR count). The number of amides is 1. The topological polar surface area (TPSA) is 77.7 Å². The number of hydrogen-bond acceptors (Lipinski definition) is 3. The van der Waals surface area contributed by atoms with Crippen molar-refractivity contribution >= 4 is 27.7 Å². The molecule has 0 fully saturated rings. The molecular weight excluding hydrogens is 386 g/mol. The van der Waals surface area contributed by atoms with Crippen LogP contribution in [0.3, 0.4) is 0 Å². The minimum absolute atomic E-state index is 0.0642. The number of hydrogen-bond donors (Lipinski definition) is 2. The Morgan fingerprint density at radius 1 is 1.00 bits per heavy atom. The Hall–Kier alpha value is -3.93. The van der Waals surface area contributed by atoms with Crippen molar-refractivity contribution in [2.75, 3.05) is 6.54 Å². The number of fused-ring (bicyclic) bond motifs is 4. The van der Waals surface area contributed by atoms with E-state index in [4.69, 9.17) is 0 Å². The van der Waals surface area contributed by atoms with Gasteiger partial charge in [-0.05, 0) is 36.2 Å². The first kappa shape index (κ1) is 17.9. The molecule has 0 aliphatic carbocycles. The molecule has 0 saturated heterocycles. The zero-order valence-corrected chi connectivity index (χ0v) is 16.9. The van der Waals surface area contributed by atoms with Crippen LogP contribution in [0.15, 0.2) is 72.9 Å². The zero-order valence-electron chi connectivity index (χ0n) is 16.9. The van der Waals surface area contributed by atoms with Crippen molar-refractivity contribution in [3.05, 3.63) is 95.6 Å². The van der Waals surface area contributed by atoms with Gasteiger partial charge in [-0.2, -0.15) is 5.10 Å². The standard InChI is InChI=1S/C25H21N5O/c31-23(15-22-18-8-2-4-10-20(18)28-29-22)30-14-12-17-16-7-1-3-9-19(16)27-24(17)25(30)21-11-5-6-13-26-21/h1-11,13,25,27H,12,14-15H2,(H,28,29). The molecule has 31 heavy (non-hydrogen) atoms. The Morgan fingerprint density at radius 2 is 1.81 bits per heavy atom. The van der Waals surface area contributed by atoms with Gasteiger partial charge in [-0.3, -0.25) is 14.9 Å². The predicted molar refractivity (Wildman–Crippen MR) is 120 cm³/mol. The second-order valence-corrected chi connectivity index (χ2v) is 7.95. The lowest BCUT2D eigenvalue weighted by Crippen LogP contribution is -2.41. The number of aromatic amines is 2. The number of nitrogens with one attached hydrogen (secondary N) is 2. The summed E-state index contributed by atoms with van der Waals surface area (Å²) in [6.07, 6.45) is 2.88. The summed E-state index contributed by atoms with van der Waals surface area (Å²) in [4.78, 5) is 23.7. The van der Waals surface area contributed by atoms with E-state index in [0.717, 1.165) is 39.9 Å². The van der Waals surface area contributed by atoms with Crippen LogP contribution in [0.1, 0.15) is 28.7 Å². The third kappa shape index (κ3) is 2.91. The van der Waals surface area contributed by atoms with Crippen molar-refractivity contribution in [2.24, 2.45) is 0 Å². The summed E-state index contributed by atoms with van der Waals surface area (Å²) in [5.74, 6) is 0.0642. The molecule has 0 saturated carbocycles. The molecular formula is C25H21N5O. The number of nitrogens with zero attached hydrogens (tertiary/aromatic N) is 3. The first-order chi connectivity index (χ1) is 15.3. The van der Waals surface area contributed by atoms with Crippen LogP contribution in [0.25, 0.3) is 21.8 Å². The lowest BCUT2D eigenvalue weighted by atomic mass is 9.94. The summed E-state index contributed by atoms with van der Waals surface area (Å²) in [6, 6.07) is 21.9. The van der Waals surface area contributed by atoms with E-state index < -0.39 is 0 Å². The Kier molecular flexibility index (Phi) is 4.09. The van der Waals surface area contributed by atoms with Gasteiger partial charge in [-0.15, -0.1) is 0 Å². The van der Waals surface area contributed by atoms with Crippen LogP contribution in [0.2, 0.25) is 0 Å². The fourth-order valence-electron chi connectivity index (χ4n) is 4.76. The summed E-state index contributed by atoms with van der Waals surface area (Å²) in [5, 5.41) is 9.62. The molecule has 1 amide bonds. The van der Waals surface area contributed by atoms with Crippen LogP contribution in [-0.2, 0) is 17.6 Å². The maximum atomic E-state index is 13.6. The van der Waals surface area contributed by atoms with Crippen molar-refractivity contribution in [2.45, 2.75) is 18.9 Å². The molecule has 1 atom stereocenters. The number of H-pyrrole nitrogens is 2. The van der Waals surface area contributed by atoms with Crippen molar-refractivity contribution in [3.8, 4) is 0 Å². The lowest BCUT2D eigenvalue weighted by Gasteiger charge is -2.35. The number of pyridine rings is 1. The van der Waals surface area contributed by atoms with Crippen LogP contribution < -0.4 is 0 Å². The molecule has 1 unspecified atom stereocenters. The third-order valence-corrected chi connectivity index (χ3v) is 6.19. The summed E-state index contributed by atoms with van der Waals surface area (Å²) in [7, 11) is 0. The monoisotopic (exact) mass is 407 g/mol. The van der Waals surface area contributed by atoms with Crippen LogP contribution in [-0.4, -0.2) is 37.5 Å². The second-order valence-electron chi connectivity index (χ2n) is 7.95. The van der Waals surface area contributed by atoms with E-state index in [9.17, 15) is 4.79 Å². The molecule has 1 aliphatic rings. The predicted octanol–water partition coefficient (Wildman–Crippen LogP) is 4.16. The highest BCUT2D eigenvalue weighted by atomic mass is 16.2. The summed E-state index contributed by atoms with van der Waals surface area (Å²) >= 11 is 0. The Balaban J connectivity index is 1.42. The Labute approximate surface area is 178 Å². The zero-order chi connectivity index (χ0) is 20.8. The largest absolute Gasteiger partial charge is 0.356 e. The van der Waals surface area contributed by atoms with Crippen molar-refractivity contribution in [1.29, 1.82) is 0 Å². The minimum atomic E-state index is -0.237. The minimum Gasteiger partial charge on any atom is -0.356 e. The molecule has 152 valence electrons. The average Bonchev–Trinajstić information content (AvgIpc) is 3.40. The first-order valence-electron chi connectivity index (χ1n) is 10.5. The molecule has 6 nitrogen and oxygen atoms in total. The van der Waals surface area contributed by atoms with Gasteiger partial charge in [0, 0.05) is 34.7 Å². The van der Waals surface area contributed by atoms with E-state index in [-0.39, 0.29) is 18.4 Å². The van der Waals surface area contributed by atoms with E-state index in [2.05, 4.69) is 38.4 Å². The number of para-hydroxylation sites is 2. The molecule has 0 radical (unpaired) electrons. The maximum absolute atomic E-state index is 13.6. The normalized spacial score (nSPS) is 16.0. The molecule has 0 bridgehead atoms. The van der Waals surface area contributed by atoms with Gasteiger partial charge in [0.05, 0.1) is 23.3 Å². The number of carbonyl (C=O) groups is 1. The SMILES string of the molecule is O=C(Cc1[nH]nc2ccccc12)N1CCc2c([nH]c3ccccc23)C1c1ccccn1. The highest BCUT2D eigenvalue weighted by molar-refractivity contribution is 5.89. The van der Waals surface area contributed by atoms with E-state index in [0.29, 0.717) is 6.54 Å².